The highest BCUT2D eigenvalue weighted by Crippen LogP contribution is 2.59. The van der Waals surface area contributed by atoms with E-state index in [-0.39, 0.29) is 41.4 Å². The molecule has 11 heteroatoms. The number of nitrogens with zero attached hydrogens (tertiary/aromatic N) is 1. The third-order valence-electron chi connectivity index (χ3n) is 8.32. The molecule has 1 saturated carbocycles. The molecule has 2 amide bonds. The smallest absolute Gasteiger partial charge is 0.488 e. The van der Waals surface area contributed by atoms with Crippen molar-refractivity contribution in [1.29, 1.82) is 0 Å². The molecule has 3 aromatic rings. The van der Waals surface area contributed by atoms with Gasteiger partial charge in [0.05, 0.1) is 35.3 Å². The minimum atomic E-state index is -1.79. The van der Waals surface area contributed by atoms with Crippen LogP contribution in [0.2, 0.25) is 5.02 Å². The van der Waals surface area contributed by atoms with Gasteiger partial charge >= 0.3 is 7.12 Å². The lowest BCUT2D eigenvalue weighted by Gasteiger charge is -2.44. The maximum atomic E-state index is 13.9. The molecule has 6 atom stereocenters. The number of imide groups is 1. The molecule has 0 bridgehead atoms. The highest BCUT2D eigenvalue weighted by Gasteiger charge is 2.67. The van der Waals surface area contributed by atoms with Gasteiger partial charge in [-0.05, 0) is 60.3 Å². The molecule has 6 rings (SSSR count). The van der Waals surface area contributed by atoms with Crippen LogP contribution in [-0.4, -0.2) is 51.6 Å². The number of aliphatic hydroxyl groups is 1. The first-order valence-corrected chi connectivity index (χ1v) is 13.5. The third kappa shape index (κ3) is 4.46. The maximum absolute atomic E-state index is 13.9. The number of hydrogen-bond donors (Lipinski definition) is 4. The van der Waals surface area contributed by atoms with E-state index in [1.165, 1.54) is 24.3 Å². The summed E-state index contributed by atoms with van der Waals surface area (Å²) in [5.74, 6) is -5.12. The zero-order valence-electron chi connectivity index (χ0n) is 21.3. The minimum Gasteiger partial charge on any atom is -0.508 e. The largest absolute Gasteiger partial charge is 0.508 e. The van der Waals surface area contributed by atoms with Crippen molar-refractivity contribution in [2.45, 2.75) is 24.7 Å². The lowest BCUT2D eigenvalue weighted by atomic mass is 9.64. The van der Waals surface area contributed by atoms with Crippen LogP contribution >= 0.6 is 11.6 Å². The molecule has 0 spiro atoms. The second-order valence-corrected chi connectivity index (χ2v) is 11.0. The Kier molecular flexibility index (Phi) is 6.84. The van der Waals surface area contributed by atoms with Gasteiger partial charge in [-0.2, -0.15) is 0 Å². The molecule has 3 fully saturated rings. The van der Waals surface area contributed by atoms with Gasteiger partial charge in [-0.25, -0.2) is 0 Å². The Morgan fingerprint density at radius 2 is 1.77 bits per heavy atom. The quantitative estimate of drug-likeness (QED) is 0.265. The van der Waals surface area contributed by atoms with Gasteiger partial charge in [0.15, 0.2) is 5.79 Å². The summed E-state index contributed by atoms with van der Waals surface area (Å²) in [4.78, 5) is 28.7. The summed E-state index contributed by atoms with van der Waals surface area (Å²) in [6.07, 6.45) is -0.332. The normalized spacial score (nSPS) is 29.3. The SMILES string of the molecule is O=C1[C@H]2[C@H](C[C@H](COc3ccccc3)[C@@]3(O)O[C@H](c4ccc(O)cc4Cl)C[C@@H]23)C(=O)N1c1cccc(B(O)O)c1. The van der Waals surface area contributed by atoms with Crippen molar-refractivity contribution in [3.8, 4) is 11.5 Å². The number of hydrogen-bond acceptors (Lipinski definition) is 8. The molecule has 1 aliphatic carbocycles. The van der Waals surface area contributed by atoms with Gasteiger partial charge in [0.25, 0.3) is 0 Å². The lowest BCUT2D eigenvalue weighted by Crippen LogP contribution is -2.55. The van der Waals surface area contributed by atoms with Crippen molar-refractivity contribution in [2.24, 2.45) is 23.7 Å². The van der Waals surface area contributed by atoms with Gasteiger partial charge in [0.2, 0.25) is 11.8 Å². The Morgan fingerprint density at radius 3 is 2.50 bits per heavy atom. The molecule has 206 valence electrons. The van der Waals surface area contributed by atoms with Gasteiger partial charge in [-0.15, -0.1) is 0 Å². The first-order valence-electron chi connectivity index (χ1n) is 13.1. The van der Waals surface area contributed by atoms with Crippen LogP contribution in [-0.2, 0) is 14.3 Å². The first kappa shape index (κ1) is 26.8. The number of rotatable bonds is 6. The molecule has 2 aliphatic heterocycles. The highest BCUT2D eigenvalue weighted by molar-refractivity contribution is 6.58. The number of amides is 2. The molecule has 0 radical (unpaired) electrons. The fourth-order valence-corrected chi connectivity index (χ4v) is 6.73. The second-order valence-electron chi connectivity index (χ2n) is 10.6. The van der Waals surface area contributed by atoms with Gasteiger partial charge in [0, 0.05) is 11.8 Å². The van der Waals surface area contributed by atoms with E-state index >= 15 is 0 Å². The summed E-state index contributed by atoms with van der Waals surface area (Å²) in [5, 5.41) is 41.4. The van der Waals surface area contributed by atoms with Crippen LogP contribution < -0.4 is 15.1 Å². The molecule has 0 unspecified atom stereocenters. The van der Waals surface area contributed by atoms with Crippen LogP contribution in [0.25, 0.3) is 0 Å². The van der Waals surface area contributed by atoms with Crippen LogP contribution in [0, 0.1) is 23.7 Å². The number of halogens is 1. The summed E-state index contributed by atoms with van der Waals surface area (Å²) in [5.41, 5.74) is 0.928. The van der Waals surface area contributed by atoms with Crippen molar-refractivity contribution in [3.63, 3.8) is 0 Å². The van der Waals surface area contributed by atoms with E-state index in [2.05, 4.69) is 0 Å². The van der Waals surface area contributed by atoms with Crippen LogP contribution in [0.4, 0.5) is 5.69 Å². The van der Waals surface area contributed by atoms with Crippen molar-refractivity contribution >= 4 is 41.7 Å². The van der Waals surface area contributed by atoms with Crippen molar-refractivity contribution < 1.29 is 39.3 Å². The third-order valence-corrected chi connectivity index (χ3v) is 8.64. The number of anilines is 1. The number of ether oxygens (including phenoxy) is 2. The predicted molar refractivity (Wildman–Crippen MR) is 146 cm³/mol. The summed E-state index contributed by atoms with van der Waals surface area (Å²) in [6, 6.07) is 19.6. The van der Waals surface area contributed by atoms with Crippen molar-refractivity contribution in [3.05, 3.63) is 83.4 Å². The number of phenols is 1. The Labute approximate surface area is 235 Å². The fraction of sp³-hybridized carbons (Fsp3) is 0.310. The number of phenolic OH excluding ortho intramolecular Hbond substituents is 1. The Hall–Kier alpha value is -3.41. The van der Waals surface area contributed by atoms with Gasteiger partial charge in [0.1, 0.15) is 11.5 Å². The van der Waals surface area contributed by atoms with Gasteiger partial charge < -0.3 is 29.7 Å². The first-order chi connectivity index (χ1) is 19.2. The maximum Gasteiger partial charge on any atom is 0.488 e. The molecule has 0 aromatic heterocycles. The van der Waals surface area contributed by atoms with Crippen LogP contribution in [0.1, 0.15) is 24.5 Å². The van der Waals surface area contributed by atoms with Crippen LogP contribution in [0.3, 0.4) is 0 Å². The zero-order chi connectivity index (χ0) is 28.2. The second kappa shape index (κ2) is 10.2. The standard InChI is InChI=1S/C29H27BClNO8/c31-24-13-19(33)9-10-21(24)25-14-23-26-22(11-16(29(23,36)40-25)15-39-20-7-2-1-3-8-20)27(34)32(28(26)35)18-6-4-5-17(12-18)30(37)38/h1-10,12-13,16,22-23,25-26,33,36-38H,11,14-15H2/t16-,22+,23+,25+,26+,29-/m1/s1. The molecule has 3 aliphatic rings. The number of para-hydroxylation sites is 1. The Morgan fingerprint density at radius 1 is 1.00 bits per heavy atom. The van der Waals surface area contributed by atoms with E-state index in [1.807, 2.05) is 18.2 Å². The summed E-state index contributed by atoms with van der Waals surface area (Å²) in [7, 11) is -1.77. The zero-order valence-corrected chi connectivity index (χ0v) is 22.0. The summed E-state index contributed by atoms with van der Waals surface area (Å²) < 4.78 is 12.3. The summed E-state index contributed by atoms with van der Waals surface area (Å²) >= 11 is 6.42. The number of benzene rings is 3. The van der Waals surface area contributed by atoms with Crippen molar-refractivity contribution in [2.75, 3.05) is 11.5 Å². The van der Waals surface area contributed by atoms with E-state index < -0.39 is 54.5 Å². The molecule has 40 heavy (non-hydrogen) atoms. The Bertz CT molecular complexity index is 1450. The molecule has 2 heterocycles. The fourth-order valence-electron chi connectivity index (χ4n) is 6.44. The van der Waals surface area contributed by atoms with E-state index in [0.717, 1.165) is 4.90 Å². The lowest BCUT2D eigenvalue weighted by molar-refractivity contribution is -0.272. The van der Waals surface area contributed by atoms with E-state index in [4.69, 9.17) is 21.1 Å². The van der Waals surface area contributed by atoms with Crippen LogP contribution in [0.15, 0.2) is 72.8 Å². The molecular weight excluding hydrogens is 537 g/mol. The molecular formula is C29H27BClNO8. The van der Waals surface area contributed by atoms with Crippen LogP contribution in [0.5, 0.6) is 11.5 Å². The van der Waals surface area contributed by atoms with E-state index in [0.29, 0.717) is 11.3 Å². The van der Waals surface area contributed by atoms with Gasteiger partial charge in [-0.3, -0.25) is 14.5 Å². The van der Waals surface area contributed by atoms with Gasteiger partial charge in [-0.1, -0.05) is 48.0 Å². The topological polar surface area (TPSA) is 137 Å². The number of fused-ring (bicyclic) bond motifs is 3. The number of carbonyl (C=O) groups is 2. The van der Waals surface area contributed by atoms with Crippen molar-refractivity contribution in [1.82, 2.24) is 0 Å². The number of carbonyl (C=O) groups excluding carboxylic acids is 2. The van der Waals surface area contributed by atoms with E-state index in [1.54, 1.807) is 30.3 Å². The molecule has 2 saturated heterocycles. The average Bonchev–Trinajstić information content (AvgIpc) is 3.41. The van der Waals surface area contributed by atoms with E-state index in [9.17, 15) is 29.9 Å². The highest BCUT2D eigenvalue weighted by atomic mass is 35.5. The minimum absolute atomic E-state index is 0.0143. The molecule has 4 N–H and O–H groups in total. The predicted octanol–water partition coefficient (Wildman–Crippen LogP) is 2.40. The summed E-state index contributed by atoms with van der Waals surface area (Å²) in [6.45, 7) is 0.0456. The number of aromatic hydroxyl groups is 1. The monoisotopic (exact) mass is 563 g/mol. The molecule has 3 aromatic carbocycles. The average molecular weight is 564 g/mol. The Balaban J connectivity index is 1.37. The molecule has 9 nitrogen and oxygen atoms in total.